The number of rotatable bonds is 5. The third-order valence-electron chi connectivity index (χ3n) is 6.11. The monoisotopic (exact) mass is 455 g/mol. The van der Waals surface area contributed by atoms with Crippen LogP contribution in [0, 0.1) is 0 Å². The van der Waals surface area contributed by atoms with Gasteiger partial charge in [0.2, 0.25) is 11.8 Å². The van der Waals surface area contributed by atoms with Crippen LogP contribution < -0.4 is 15.4 Å². The Morgan fingerprint density at radius 3 is 2.62 bits per heavy atom. The maximum Gasteiger partial charge on any atom is 0.254 e. The molecule has 8 heteroatoms. The zero-order valence-corrected chi connectivity index (χ0v) is 18.6. The number of carbonyl (C=O) groups excluding carboxylic acids is 3. The number of hydrogen-bond donors (Lipinski definition) is 2. The van der Waals surface area contributed by atoms with E-state index in [2.05, 4.69) is 10.6 Å². The second-order valence-electron chi connectivity index (χ2n) is 8.19. The standard InChI is InChI=1S/C24H26ClN3O4/c1-32-18-11-9-15(10-12-18)24(31)28-20-8-3-2-7-19(20)27-23(30)21(28)14-22(29)26-17-6-4-5-16(25)13-17/h4-6,9-13,19-21H,2-3,7-8,14H2,1H3,(H,26,29)(H,27,30). The highest BCUT2D eigenvalue weighted by Crippen LogP contribution is 2.31. The summed E-state index contributed by atoms with van der Waals surface area (Å²) >= 11 is 6.00. The van der Waals surface area contributed by atoms with Gasteiger partial charge < -0.3 is 20.3 Å². The van der Waals surface area contributed by atoms with Crippen LogP contribution in [0.4, 0.5) is 5.69 Å². The van der Waals surface area contributed by atoms with E-state index in [4.69, 9.17) is 16.3 Å². The highest BCUT2D eigenvalue weighted by Gasteiger charge is 2.46. The van der Waals surface area contributed by atoms with Gasteiger partial charge >= 0.3 is 0 Å². The molecule has 0 spiro atoms. The van der Waals surface area contributed by atoms with Crippen molar-refractivity contribution in [3.63, 3.8) is 0 Å². The summed E-state index contributed by atoms with van der Waals surface area (Å²) in [5, 5.41) is 6.33. The second kappa shape index (κ2) is 9.61. The van der Waals surface area contributed by atoms with Gasteiger partial charge in [-0.1, -0.05) is 30.5 Å². The first-order valence-electron chi connectivity index (χ1n) is 10.8. The molecule has 0 aromatic heterocycles. The molecule has 2 aromatic rings. The van der Waals surface area contributed by atoms with E-state index in [0.29, 0.717) is 22.0 Å². The lowest BCUT2D eigenvalue weighted by atomic mass is 9.84. The molecule has 3 atom stereocenters. The highest BCUT2D eigenvalue weighted by molar-refractivity contribution is 6.30. The summed E-state index contributed by atoms with van der Waals surface area (Å²) in [5.74, 6) is -0.253. The van der Waals surface area contributed by atoms with Crippen LogP contribution in [0.1, 0.15) is 42.5 Å². The van der Waals surface area contributed by atoms with Crippen LogP contribution in [0.2, 0.25) is 5.02 Å². The SMILES string of the molecule is COc1ccc(C(=O)N2C(CC(=O)Nc3cccc(Cl)c3)C(=O)NC3CCCCC32)cc1. The molecule has 1 saturated carbocycles. The summed E-state index contributed by atoms with van der Waals surface area (Å²) in [7, 11) is 1.56. The van der Waals surface area contributed by atoms with Crippen molar-refractivity contribution in [1.29, 1.82) is 0 Å². The predicted molar refractivity (Wildman–Crippen MR) is 122 cm³/mol. The van der Waals surface area contributed by atoms with E-state index in [9.17, 15) is 14.4 Å². The van der Waals surface area contributed by atoms with Crippen molar-refractivity contribution in [3.8, 4) is 5.75 Å². The van der Waals surface area contributed by atoms with Gasteiger partial charge in [0, 0.05) is 22.3 Å². The number of benzene rings is 2. The normalized spacial score (nSPS) is 22.5. The molecule has 2 N–H and O–H groups in total. The number of anilines is 1. The number of nitrogens with one attached hydrogen (secondary N) is 2. The van der Waals surface area contributed by atoms with Crippen LogP contribution in [0.5, 0.6) is 5.75 Å². The predicted octanol–water partition coefficient (Wildman–Crippen LogP) is 3.63. The topological polar surface area (TPSA) is 87.7 Å². The summed E-state index contributed by atoms with van der Waals surface area (Å²) in [6.45, 7) is 0. The number of carbonyl (C=O) groups is 3. The van der Waals surface area contributed by atoms with Crippen molar-refractivity contribution in [1.82, 2.24) is 10.2 Å². The number of nitrogens with zero attached hydrogens (tertiary/aromatic N) is 1. The first-order chi connectivity index (χ1) is 15.5. The van der Waals surface area contributed by atoms with Crippen molar-refractivity contribution in [3.05, 3.63) is 59.1 Å². The van der Waals surface area contributed by atoms with Gasteiger partial charge in [0.05, 0.1) is 19.6 Å². The maximum absolute atomic E-state index is 13.6. The number of piperazine rings is 1. The molecule has 2 aliphatic rings. The molecule has 168 valence electrons. The van der Waals surface area contributed by atoms with E-state index >= 15 is 0 Å². The molecule has 1 aliphatic heterocycles. The first kappa shape index (κ1) is 22.1. The minimum absolute atomic E-state index is 0.0920. The smallest absolute Gasteiger partial charge is 0.254 e. The summed E-state index contributed by atoms with van der Waals surface area (Å²) in [6.07, 6.45) is 3.46. The number of ether oxygens (including phenoxy) is 1. The van der Waals surface area contributed by atoms with Crippen LogP contribution in [-0.4, -0.2) is 47.9 Å². The molecule has 1 heterocycles. The fourth-order valence-corrected chi connectivity index (χ4v) is 4.76. The van der Waals surface area contributed by atoms with Gasteiger partial charge in [-0.2, -0.15) is 0 Å². The average molecular weight is 456 g/mol. The van der Waals surface area contributed by atoms with Crippen molar-refractivity contribution in [2.24, 2.45) is 0 Å². The largest absolute Gasteiger partial charge is 0.497 e. The number of methoxy groups -OCH3 is 1. The second-order valence-corrected chi connectivity index (χ2v) is 8.62. The molecule has 7 nitrogen and oxygen atoms in total. The zero-order valence-electron chi connectivity index (χ0n) is 17.8. The van der Waals surface area contributed by atoms with Crippen LogP contribution in [-0.2, 0) is 9.59 Å². The Hall–Kier alpha value is -3.06. The van der Waals surface area contributed by atoms with Gasteiger partial charge in [-0.15, -0.1) is 0 Å². The van der Waals surface area contributed by atoms with Gasteiger partial charge in [0.15, 0.2) is 0 Å². The Balaban J connectivity index is 1.59. The third-order valence-corrected chi connectivity index (χ3v) is 6.35. The van der Waals surface area contributed by atoms with E-state index < -0.39 is 6.04 Å². The highest BCUT2D eigenvalue weighted by atomic mass is 35.5. The summed E-state index contributed by atoms with van der Waals surface area (Å²) in [6, 6.07) is 12.5. The molecule has 3 amide bonds. The molecule has 0 bridgehead atoms. The first-order valence-corrected chi connectivity index (χ1v) is 11.2. The fraction of sp³-hybridized carbons (Fsp3) is 0.375. The van der Waals surface area contributed by atoms with Crippen LogP contribution in [0.15, 0.2) is 48.5 Å². The van der Waals surface area contributed by atoms with Gasteiger partial charge in [0.1, 0.15) is 11.8 Å². The van der Waals surface area contributed by atoms with E-state index in [1.54, 1.807) is 60.5 Å². The minimum Gasteiger partial charge on any atom is -0.497 e. The Morgan fingerprint density at radius 1 is 1.16 bits per heavy atom. The Kier molecular flexibility index (Phi) is 6.65. The number of amides is 3. The minimum atomic E-state index is -0.886. The van der Waals surface area contributed by atoms with Gasteiger partial charge in [0.25, 0.3) is 5.91 Å². The van der Waals surface area contributed by atoms with Crippen molar-refractivity contribution >= 4 is 35.0 Å². The lowest BCUT2D eigenvalue weighted by Crippen LogP contribution is -2.68. The molecule has 0 radical (unpaired) electrons. The lowest BCUT2D eigenvalue weighted by Gasteiger charge is -2.48. The van der Waals surface area contributed by atoms with Crippen LogP contribution >= 0.6 is 11.6 Å². The molecule has 3 unspecified atom stereocenters. The van der Waals surface area contributed by atoms with Crippen LogP contribution in [0.25, 0.3) is 0 Å². The molecule has 1 aliphatic carbocycles. The number of fused-ring (bicyclic) bond motifs is 1. The quantitative estimate of drug-likeness (QED) is 0.720. The van der Waals surface area contributed by atoms with Gasteiger partial charge in [-0.3, -0.25) is 14.4 Å². The molecule has 4 rings (SSSR count). The zero-order chi connectivity index (χ0) is 22.7. The summed E-state index contributed by atoms with van der Waals surface area (Å²) in [5.41, 5.74) is 1.01. The lowest BCUT2D eigenvalue weighted by molar-refractivity contribution is -0.135. The van der Waals surface area contributed by atoms with Crippen molar-refractivity contribution in [2.75, 3.05) is 12.4 Å². The Morgan fingerprint density at radius 2 is 1.91 bits per heavy atom. The Labute approximate surface area is 192 Å². The molecular formula is C24H26ClN3O4. The van der Waals surface area contributed by atoms with Crippen LogP contribution in [0.3, 0.4) is 0 Å². The van der Waals surface area contributed by atoms with Gasteiger partial charge in [-0.25, -0.2) is 0 Å². The molecule has 2 fully saturated rings. The van der Waals surface area contributed by atoms with E-state index in [0.717, 1.165) is 25.7 Å². The number of hydrogen-bond acceptors (Lipinski definition) is 4. The van der Waals surface area contributed by atoms with Gasteiger partial charge in [-0.05, 0) is 55.3 Å². The van der Waals surface area contributed by atoms with Crippen molar-refractivity contribution < 1.29 is 19.1 Å². The van der Waals surface area contributed by atoms with Crippen molar-refractivity contribution in [2.45, 2.75) is 50.2 Å². The summed E-state index contributed by atoms with van der Waals surface area (Å²) in [4.78, 5) is 41.0. The Bertz CT molecular complexity index is 1010. The fourth-order valence-electron chi connectivity index (χ4n) is 4.57. The number of halogens is 1. The third kappa shape index (κ3) is 4.72. The molecule has 1 saturated heterocycles. The van der Waals surface area contributed by atoms with E-state index in [1.165, 1.54) is 0 Å². The molecule has 32 heavy (non-hydrogen) atoms. The van der Waals surface area contributed by atoms with E-state index in [-0.39, 0.29) is 36.2 Å². The summed E-state index contributed by atoms with van der Waals surface area (Å²) < 4.78 is 5.18. The maximum atomic E-state index is 13.6. The average Bonchev–Trinajstić information content (AvgIpc) is 2.79. The van der Waals surface area contributed by atoms with E-state index in [1.807, 2.05) is 0 Å². The molecular weight excluding hydrogens is 430 g/mol. The molecule has 2 aromatic carbocycles.